The molecule has 4 heteroatoms. The predicted octanol–water partition coefficient (Wildman–Crippen LogP) is 2.58. The fourth-order valence-electron chi connectivity index (χ4n) is 2.95. The molecule has 0 aromatic heterocycles. The lowest BCUT2D eigenvalue weighted by molar-refractivity contribution is -0.140. The standard InChI is InChI=1S/C17H23NO3/c1-3-17(4-2,12-8-6-5-7-9-12)11-18-15(19)13-10-14(13)16(20)21/h5-9,13-14H,3-4,10-11H2,1-2H3,(H,18,19)(H,20,21). The lowest BCUT2D eigenvalue weighted by Crippen LogP contribution is -2.41. The molecule has 1 amide bonds. The number of hydrogen-bond donors (Lipinski definition) is 2. The Labute approximate surface area is 125 Å². The molecule has 1 aromatic carbocycles. The van der Waals surface area contributed by atoms with Gasteiger partial charge in [0.2, 0.25) is 5.91 Å². The summed E-state index contributed by atoms with van der Waals surface area (Å²) in [4.78, 5) is 22.9. The van der Waals surface area contributed by atoms with Crippen molar-refractivity contribution in [3.8, 4) is 0 Å². The van der Waals surface area contributed by atoms with Crippen LogP contribution in [0.15, 0.2) is 30.3 Å². The first kappa shape index (κ1) is 15.5. The Morgan fingerprint density at radius 3 is 2.29 bits per heavy atom. The molecule has 0 radical (unpaired) electrons. The maximum absolute atomic E-state index is 12.1. The van der Waals surface area contributed by atoms with Gasteiger partial charge in [-0.15, -0.1) is 0 Å². The molecule has 1 aromatic rings. The first-order valence-electron chi connectivity index (χ1n) is 7.60. The summed E-state index contributed by atoms with van der Waals surface area (Å²) in [6, 6.07) is 10.2. The van der Waals surface area contributed by atoms with Crippen LogP contribution in [0, 0.1) is 11.8 Å². The van der Waals surface area contributed by atoms with Crippen molar-refractivity contribution in [1.82, 2.24) is 5.32 Å². The van der Waals surface area contributed by atoms with Crippen molar-refractivity contribution < 1.29 is 14.7 Å². The number of rotatable bonds is 7. The van der Waals surface area contributed by atoms with Gasteiger partial charge in [0.1, 0.15) is 0 Å². The van der Waals surface area contributed by atoms with Crippen LogP contribution in [0.25, 0.3) is 0 Å². The summed E-state index contributed by atoms with van der Waals surface area (Å²) >= 11 is 0. The van der Waals surface area contributed by atoms with Crippen molar-refractivity contribution in [3.63, 3.8) is 0 Å². The molecule has 114 valence electrons. The average Bonchev–Trinajstić information content (AvgIpc) is 3.30. The highest BCUT2D eigenvalue weighted by atomic mass is 16.4. The lowest BCUT2D eigenvalue weighted by atomic mass is 9.76. The van der Waals surface area contributed by atoms with Gasteiger partial charge < -0.3 is 10.4 Å². The second-order valence-electron chi connectivity index (χ2n) is 5.86. The van der Waals surface area contributed by atoms with Gasteiger partial charge in [-0.3, -0.25) is 9.59 Å². The van der Waals surface area contributed by atoms with Crippen molar-refractivity contribution in [2.75, 3.05) is 6.54 Å². The van der Waals surface area contributed by atoms with Gasteiger partial charge in [0.05, 0.1) is 11.8 Å². The number of carboxylic acid groups (broad SMARTS) is 1. The van der Waals surface area contributed by atoms with E-state index in [0.717, 1.165) is 12.8 Å². The monoisotopic (exact) mass is 289 g/mol. The number of carboxylic acids is 1. The summed E-state index contributed by atoms with van der Waals surface area (Å²) in [7, 11) is 0. The first-order valence-corrected chi connectivity index (χ1v) is 7.60. The SMILES string of the molecule is CCC(CC)(CNC(=O)C1CC1C(=O)O)c1ccccc1. The maximum atomic E-state index is 12.1. The van der Waals surface area contributed by atoms with Crippen LogP contribution in [0.4, 0.5) is 0 Å². The van der Waals surface area contributed by atoms with E-state index in [1.807, 2.05) is 18.2 Å². The second kappa shape index (κ2) is 6.29. The van der Waals surface area contributed by atoms with E-state index in [1.165, 1.54) is 5.56 Å². The fraction of sp³-hybridized carbons (Fsp3) is 0.529. The molecule has 1 aliphatic rings. The van der Waals surface area contributed by atoms with E-state index in [4.69, 9.17) is 5.11 Å². The summed E-state index contributed by atoms with van der Waals surface area (Å²) < 4.78 is 0. The minimum absolute atomic E-state index is 0.0788. The number of carbonyl (C=O) groups excluding carboxylic acids is 1. The molecule has 4 nitrogen and oxygen atoms in total. The number of aliphatic carboxylic acids is 1. The van der Waals surface area contributed by atoms with Crippen LogP contribution >= 0.6 is 0 Å². The molecular weight excluding hydrogens is 266 g/mol. The van der Waals surface area contributed by atoms with Crippen LogP contribution in [0.1, 0.15) is 38.7 Å². The van der Waals surface area contributed by atoms with E-state index in [9.17, 15) is 9.59 Å². The highest BCUT2D eigenvalue weighted by molar-refractivity contribution is 5.89. The van der Waals surface area contributed by atoms with Crippen LogP contribution < -0.4 is 5.32 Å². The van der Waals surface area contributed by atoms with Gasteiger partial charge in [-0.25, -0.2) is 0 Å². The molecule has 2 rings (SSSR count). The molecule has 0 aliphatic heterocycles. The zero-order valence-corrected chi connectivity index (χ0v) is 12.6. The zero-order valence-electron chi connectivity index (χ0n) is 12.6. The third kappa shape index (κ3) is 3.26. The largest absolute Gasteiger partial charge is 0.481 e. The predicted molar refractivity (Wildman–Crippen MR) is 80.9 cm³/mol. The second-order valence-corrected chi connectivity index (χ2v) is 5.86. The topological polar surface area (TPSA) is 66.4 Å². The third-order valence-electron chi connectivity index (χ3n) is 4.79. The summed E-state index contributed by atoms with van der Waals surface area (Å²) in [5.74, 6) is -1.82. The zero-order chi connectivity index (χ0) is 15.5. The van der Waals surface area contributed by atoms with E-state index in [-0.39, 0.29) is 17.2 Å². The Morgan fingerprint density at radius 1 is 1.19 bits per heavy atom. The first-order chi connectivity index (χ1) is 10.0. The van der Waals surface area contributed by atoms with Crippen molar-refractivity contribution >= 4 is 11.9 Å². The summed E-state index contributed by atoms with van der Waals surface area (Å²) in [5.41, 5.74) is 1.14. The van der Waals surface area contributed by atoms with Gasteiger partial charge >= 0.3 is 5.97 Å². The van der Waals surface area contributed by atoms with Gasteiger partial charge in [-0.2, -0.15) is 0 Å². The van der Waals surface area contributed by atoms with Crippen molar-refractivity contribution in [2.24, 2.45) is 11.8 Å². The van der Waals surface area contributed by atoms with Crippen molar-refractivity contribution in [2.45, 2.75) is 38.5 Å². The molecule has 1 fully saturated rings. The van der Waals surface area contributed by atoms with Crippen LogP contribution in [-0.2, 0) is 15.0 Å². The molecule has 2 atom stereocenters. The van der Waals surface area contributed by atoms with Gasteiger partial charge in [-0.1, -0.05) is 44.2 Å². The van der Waals surface area contributed by atoms with E-state index in [1.54, 1.807) is 0 Å². The van der Waals surface area contributed by atoms with Gasteiger partial charge in [-0.05, 0) is 24.8 Å². The molecule has 0 spiro atoms. The average molecular weight is 289 g/mol. The summed E-state index contributed by atoms with van der Waals surface area (Å²) in [6.07, 6.45) is 2.33. The molecular formula is C17H23NO3. The number of nitrogens with one attached hydrogen (secondary N) is 1. The Balaban J connectivity index is 2.01. The maximum Gasteiger partial charge on any atom is 0.307 e. The van der Waals surface area contributed by atoms with Crippen LogP contribution in [0.5, 0.6) is 0 Å². The van der Waals surface area contributed by atoms with E-state index in [0.29, 0.717) is 13.0 Å². The third-order valence-corrected chi connectivity index (χ3v) is 4.79. The van der Waals surface area contributed by atoms with E-state index < -0.39 is 11.9 Å². The number of benzene rings is 1. The Kier molecular flexibility index (Phi) is 4.66. The molecule has 0 saturated heterocycles. The minimum Gasteiger partial charge on any atom is -0.481 e. The highest BCUT2D eigenvalue weighted by Gasteiger charge is 2.48. The molecule has 1 aliphatic carbocycles. The fourth-order valence-corrected chi connectivity index (χ4v) is 2.95. The molecule has 0 heterocycles. The van der Waals surface area contributed by atoms with Crippen LogP contribution in [0.2, 0.25) is 0 Å². The number of carbonyl (C=O) groups is 2. The minimum atomic E-state index is -0.865. The Hall–Kier alpha value is -1.84. The van der Waals surface area contributed by atoms with Gasteiger partial charge in [0, 0.05) is 12.0 Å². The Bertz CT molecular complexity index is 508. The quantitative estimate of drug-likeness (QED) is 0.810. The van der Waals surface area contributed by atoms with E-state index >= 15 is 0 Å². The van der Waals surface area contributed by atoms with E-state index in [2.05, 4.69) is 31.3 Å². The van der Waals surface area contributed by atoms with Crippen molar-refractivity contribution in [1.29, 1.82) is 0 Å². The smallest absolute Gasteiger partial charge is 0.307 e. The molecule has 2 N–H and O–H groups in total. The molecule has 0 bridgehead atoms. The molecule has 2 unspecified atom stereocenters. The van der Waals surface area contributed by atoms with Crippen LogP contribution in [-0.4, -0.2) is 23.5 Å². The van der Waals surface area contributed by atoms with Gasteiger partial charge in [0.15, 0.2) is 0 Å². The summed E-state index contributed by atoms with van der Waals surface area (Å²) in [5, 5.41) is 11.9. The van der Waals surface area contributed by atoms with Gasteiger partial charge in [0.25, 0.3) is 0 Å². The molecule has 21 heavy (non-hydrogen) atoms. The highest BCUT2D eigenvalue weighted by Crippen LogP contribution is 2.39. The number of hydrogen-bond acceptors (Lipinski definition) is 2. The summed E-state index contributed by atoms with van der Waals surface area (Å²) in [6.45, 7) is 4.81. The van der Waals surface area contributed by atoms with Crippen molar-refractivity contribution in [3.05, 3.63) is 35.9 Å². The van der Waals surface area contributed by atoms with Crippen LogP contribution in [0.3, 0.4) is 0 Å². The number of amides is 1. The molecule has 1 saturated carbocycles. The Morgan fingerprint density at radius 2 is 1.81 bits per heavy atom. The normalized spacial score (nSPS) is 20.9. The lowest BCUT2D eigenvalue weighted by Gasteiger charge is -2.32.